The van der Waals surface area contributed by atoms with Gasteiger partial charge in [0.15, 0.2) is 11.9 Å². The number of hydrogen-bond acceptors (Lipinski definition) is 3. The van der Waals surface area contributed by atoms with Crippen LogP contribution >= 0.6 is 0 Å². The van der Waals surface area contributed by atoms with E-state index in [9.17, 15) is 9.59 Å². The zero-order chi connectivity index (χ0) is 13.2. The molecule has 2 aromatic carbocycles. The number of benzene rings is 2. The molecule has 19 heavy (non-hydrogen) atoms. The zero-order valence-corrected chi connectivity index (χ0v) is 10.2. The number of hydrogen-bond donors (Lipinski definition) is 0. The summed E-state index contributed by atoms with van der Waals surface area (Å²) in [5, 5.41) is 0. The lowest BCUT2D eigenvalue weighted by Gasteiger charge is -2.07. The normalized spacial score (nSPS) is 22.3. The SMILES string of the molecule is O=C1OC(c2ccccc2)C(=O)C1c1ccccc1. The Morgan fingerprint density at radius 1 is 0.737 bits per heavy atom. The van der Waals surface area contributed by atoms with E-state index in [1.807, 2.05) is 36.4 Å². The van der Waals surface area contributed by atoms with Gasteiger partial charge in [-0.1, -0.05) is 60.7 Å². The lowest BCUT2D eigenvalue weighted by atomic mass is 9.92. The number of carbonyl (C=O) groups excluding carboxylic acids is 2. The number of ketones is 1. The average molecular weight is 252 g/mol. The van der Waals surface area contributed by atoms with Crippen LogP contribution in [0.4, 0.5) is 0 Å². The predicted octanol–water partition coefficient (Wildman–Crippen LogP) is 2.64. The van der Waals surface area contributed by atoms with Gasteiger partial charge >= 0.3 is 5.97 Å². The van der Waals surface area contributed by atoms with Crippen LogP contribution in [0.5, 0.6) is 0 Å². The summed E-state index contributed by atoms with van der Waals surface area (Å²) in [6, 6.07) is 18.1. The van der Waals surface area contributed by atoms with E-state index >= 15 is 0 Å². The first kappa shape index (κ1) is 11.7. The third-order valence-corrected chi connectivity index (χ3v) is 3.25. The summed E-state index contributed by atoms with van der Waals surface area (Å²) >= 11 is 0. The molecule has 0 aliphatic carbocycles. The topological polar surface area (TPSA) is 43.4 Å². The number of carbonyl (C=O) groups is 2. The summed E-state index contributed by atoms with van der Waals surface area (Å²) in [5.74, 6) is -1.46. The van der Waals surface area contributed by atoms with Gasteiger partial charge in [-0.25, -0.2) is 0 Å². The monoisotopic (exact) mass is 252 g/mol. The molecule has 1 aliphatic rings. The van der Waals surface area contributed by atoms with Gasteiger partial charge in [-0.15, -0.1) is 0 Å². The minimum Gasteiger partial charge on any atom is -0.449 e. The molecule has 0 amide bonds. The maximum atomic E-state index is 12.4. The highest BCUT2D eigenvalue weighted by Crippen LogP contribution is 2.35. The summed E-state index contributed by atoms with van der Waals surface area (Å²) in [6.45, 7) is 0. The van der Waals surface area contributed by atoms with Crippen LogP contribution in [0.3, 0.4) is 0 Å². The van der Waals surface area contributed by atoms with Crippen molar-refractivity contribution in [2.24, 2.45) is 0 Å². The predicted molar refractivity (Wildman–Crippen MR) is 69.5 cm³/mol. The third kappa shape index (κ3) is 2.03. The molecular formula is C16H12O3. The van der Waals surface area contributed by atoms with Gasteiger partial charge in [-0.2, -0.15) is 0 Å². The van der Waals surface area contributed by atoms with Crippen molar-refractivity contribution in [1.82, 2.24) is 0 Å². The molecule has 3 rings (SSSR count). The second-order valence-electron chi connectivity index (χ2n) is 4.47. The smallest absolute Gasteiger partial charge is 0.322 e. The molecule has 2 unspecified atom stereocenters. The summed E-state index contributed by atoms with van der Waals surface area (Å²) < 4.78 is 5.24. The highest BCUT2D eigenvalue weighted by atomic mass is 16.6. The number of rotatable bonds is 2. The second kappa shape index (κ2) is 4.69. The summed E-state index contributed by atoms with van der Waals surface area (Å²) in [7, 11) is 0. The maximum absolute atomic E-state index is 12.4. The summed E-state index contributed by atoms with van der Waals surface area (Å²) in [6.07, 6.45) is -0.779. The van der Waals surface area contributed by atoms with E-state index in [0.717, 1.165) is 5.56 Å². The summed E-state index contributed by atoms with van der Waals surface area (Å²) in [5.41, 5.74) is 1.41. The molecule has 0 aromatic heterocycles. The van der Waals surface area contributed by atoms with Gasteiger partial charge in [0.1, 0.15) is 5.92 Å². The van der Waals surface area contributed by atoms with Crippen LogP contribution in [0, 0.1) is 0 Å². The highest BCUT2D eigenvalue weighted by molar-refractivity contribution is 6.11. The highest BCUT2D eigenvalue weighted by Gasteiger charge is 2.44. The van der Waals surface area contributed by atoms with Gasteiger partial charge in [0.2, 0.25) is 0 Å². The van der Waals surface area contributed by atoms with Gasteiger partial charge in [0.05, 0.1) is 0 Å². The Bertz CT molecular complexity index is 604. The molecule has 0 N–H and O–H groups in total. The first-order valence-electron chi connectivity index (χ1n) is 6.11. The molecule has 2 aromatic rings. The summed E-state index contributed by atoms with van der Waals surface area (Å²) in [4.78, 5) is 24.3. The molecule has 3 nitrogen and oxygen atoms in total. The first-order valence-corrected chi connectivity index (χ1v) is 6.11. The van der Waals surface area contributed by atoms with Crippen molar-refractivity contribution in [3.05, 3.63) is 71.8 Å². The molecule has 1 fully saturated rings. The fourth-order valence-corrected chi connectivity index (χ4v) is 2.32. The number of ether oxygens (including phenoxy) is 1. The van der Waals surface area contributed by atoms with Crippen LogP contribution in [0.1, 0.15) is 23.1 Å². The number of cyclic esters (lactones) is 1. The molecule has 0 saturated carbocycles. The van der Waals surface area contributed by atoms with E-state index in [2.05, 4.69) is 0 Å². The van der Waals surface area contributed by atoms with Gasteiger partial charge in [0.25, 0.3) is 0 Å². The fraction of sp³-hybridized carbons (Fsp3) is 0.125. The number of esters is 1. The lowest BCUT2D eigenvalue weighted by molar-refractivity contribution is -0.143. The van der Waals surface area contributed by atoms with E-state index in [1.165, 1.54) is 0 Å². The van der Waals surface area contributed by atoms with Gasteiger partial charge in [-0.3, -0.25) is 9.59 Å². The molecule has 0 spiro atoms. The van der Waals surface area contributed by atoms with Crippen LogP contribution in [0.15, 0.2) is 60.7 Å². The maximum Gasteiger partial charge on any atom is 0.322 e. The van der Waals surface area contributed by atoms with Gasteiger partial charge in [0, 0.05) is 5.56 Å². The quantitative estimate of drug-likeness (QED) is 0.609. The minimum atomic E-state index is -0.800. The van der Waals surface area contributed by atoms with Crippen molar-refractivity contribution in [2.75, 3.05) is 0 Å². The van der Waals surface area contributed by atoms with Gasteiger partial charge in [-0.05, 0) is 5.56 Å². The Morgan fingerprint density at radius 2 is 1.26 bits per heavy atom. The second-order valence-corrected chi connectivity index (χ2v) is 4.47. The lowest BCUT2D eigenvalue weighted by Crippen LogP contribution is -2.14. The molecule has 94 valence electrons. The average Bonchev–Trinajstić information content (AvgIpc) is 2.76. The molecule has 0 radical (unpaired) electrons. The molecule has 1 aliphatic heterocycles. The van der Waals surface area contributed by atoms with Crippen molar-refractivity contribution >= 4 is 11.8 Å². The molecule has 1 heterocycles. The van der Waals surface area contributed by atoms with Crippen LogP contribution < -0.4 is 0 Å². The molecule has 3 heteroatoms. The van der Waals surface area contributed by atoms with Crippen LogP contribution in [0.2, 0.25) is 0 Å². The Kier molecular flexibility index (Phi) is 2.88. The van der Waals surface area contributed by atoms with Crippen molar-refractivity contribution in [3.8, 4) is 0 Å². The van der Waals surface area contributed by atoms with E-state index in [1.54, 1.807) is 24.3 Å². The molecule has 1 saturated heterocycles. The van der Waals surface area contributed by atoms with Crippen LogP contribution in [-0.2, 0) is 14.3 Å². The van der Waals surface area contributed by atoms with Crippen molar-refractivity contribution in [1.29, 1.82) is 0 Å². The van der Waals surface area contributed by atoms with E-state index in [-0.39, 0.29) is 5.78 Å². The van der Waals surface area contributed by atoms with E-state index < -0.39 is 18.0 Å². The Morgan fingerprint density at radius 3 is 1.84 bits per heavy atom. The fourth-order valence-electron chi connectivity index (χ4n) is 2.32. The van der Waals surface area contributed by atoms with Crippen LogP contribution in [0.25, 0.3) is 0 Å². The van der Waals surface area contributed by atoms with E-state index in [0.29, 0.717) is 5.56 Å². The zero-order valence-electron chi connectivity index (χ0n) is 10.2. The van der Waals surface area contributed by atoms with Crippen LogP contribution in [-0.4, -0.2) is 11.8 Å². The minimum absolute atomic E-state index is 0.192. The van der Waals surface area contributed by atoms with Crippen molar-refractivity contribution in [3.63, 3.8) is 0 Å². The Hall–Kier alpha value is -2.42. The van der Waals surface area contributed by atoms with E-state index in [4.69, 9.17) is 4.74 Å². The molecular weight excluding hydrogens is 240 g/mol. The van der Waals surface area contributed by atoms with Crippen molar-refractivity contribution in [2.45, 2.75) is 12.0 Å². The Balaban J connectivity index is 1.94. The molecule has 0 bridgehead atoms. The Labute approximate surface area is 110 Å². The van der Waals surface area contributed by atoms with Gasteiger partial charge < -0.3 is 4.74 Å². The molecule has 2 atom stereocenters. The first-order chi connectivity index (χ1) is 9.27. The third-order valence-electron chi connectivity index (χ3n) is 3.25. The van der Waals surface area contributed by atoms with Crippen molar-refractivity contribution < 1.29 is 14.3 Å². The number of Topliss-reactive ketones (excluding diaryl/α,β-unsaturated/α-hetero) is 1. The standard InChI is InChI=1S/C16H12O3/c17-14-13(11-7-3-1-4-8-11)16(18)19-15(14)12-9-5-2-6-10-12/h1-10,13,15H. The largest absolute Gasteiger partial charge is 0.449 e.